The Kier molecular flexibility index (Phi) is 6.00. The lowest BCUT2D eigenvalue weighted by molar-refractivity contribution is 0.00741. The van der Waals surface area contributed by atoms with Crippen LogP contribution in [-0.2, 0) is 4.74 Å². The highest BCUT2D eigenvalue weighted by Gasteiger charge is 2.47. The molecule has 1 amide bonds. The van der Waals surface area contributed by atoms with Crippen molar-refractivity contribution in [2.75, 3.05) is 23.3 Å². The van der Waals surface area contributed by atoms with Crippen LogP contribution >= 0.6 is 0 Å². The molecule has 4 heterocycles. The van der Waals surface area contributed by atoms with E-state index >= 15 is 4.39 Å². The Balaban J connectivity index is 1.22. The van der Waals surface area contributed by atoms with Crippen LogP contribution < -0.4 is 15.0 Å². The lowest BCUT2D eigenvalue weighted by atomic mass is 9.82. The SMILES string of the molecule is CC(C)(C)OC(=O)N1C[C@@H]2C[C@H]1CN2c1ccc2ncnc(Nc3ccc(OC4(C)CCC4)c(F)c3F)c2n1. The van der Waals surface area contributed by atoms with E-state index in [9.17, 15) is 9.18 Å². The smallest absolute Gasteiger partial charge is 0.410 e. The fourth-order valence-corrected chi connectivity index (χ4v) is 5.55. The molecule has 3 fully saturated rings. The first kappa shape index (κ1) is 25.5. The number of piperazine rings is 1. The van der Waals surface area contributed by atoms with Gasteiger partial charge in [-0.1, -0.05) is 0 Å². The van der Waals surface area contributed by atoms with Crippen LogP contribution in [0.5, 0.6) is 5.75 Å². The largest absolute Gasteiger partial charge is 0.484 e. The van der Waals surface area contributed by atoms with Crippen LogP contribution in [0.4, 0.5) is 30.9 Å². The van der Waals surface area contributed by atoms with Gasteiger partial charge in [-0.3, -0.25) is 0 Å². The van der Waals surface area contributed by atoms with E-state index in [0.29, 0.717) is 29.9 Å². The quantitative estimate of drug-likeness (QED) is 0.451. The van der Waals surface area contributed by atoms with Crippen molar-refractivity contribution < 1.29 is 23.0 Å². The van der Waals surface area contributed by atoms with Crippen LogP contribution in [0.15, 0.2) is 30.6 Å². The van der Waals surface area contributed by atoms with Crippen LogP contribution in [0.1, 0.15) is 53.4 Å². The molecule has 0 radical (unpaired) electrons. The van der Waals surface area contributed by atoms with E-state index in [0.717, 1.165) is 25.7 Å². The average molecular weight is 539 g/mol. The number of pyridine rings is 1. The maximum absolute atomic E-state index is 15.0. The third-order valence-electron chi connectivity index (χ3n) is 7.70. The van der Waals surface area contributed by atoms with Crippen LogP contribution in [0.3, 0.4) is 0 Å². The minimum atomic E-state index is -1.04. The molecule has 1 N–H and O–H groups in total. The number of fused-ring (bicyclic) bond motifs is 3. The molecule has 9 nitrogen and oxygen atoms in total. The fourth-order valence-electron chi connectivity index (χ4n) is 5.55. The normalized spacial score (nSPS) is 21.7. The summed E-state index contributed by atoms with van der Waals surface area (Å²) < 4.78 is 41.2. The molecule has 2 aliphatic heterocycles. The van der Waals surface area contributed by atoms with Crippen molar-refractivity contribution in [2.24, 2.45) is 0 Å². The predicted octanol–water partition coefficient (Wildman–Crippen LogP) is 5.57. The molecule has 0 spiro atoms. The number of nitrogens with zero attached hydrogens (tertiary/aromatic N) is 5. The monoisotopic (exact) mass is 538 g/mol. The van der Waals surface area contributed by atoms with Gasteiger partial charge >= 0.3 is 6.09 Å². The van der Waals surface area contributed by atoms with Crippen molar-refractivity contribution in [1.82, 2.24) is 19.9 Å². The van der Waals surface area contributed by atoms with E-state index < -0.39 is 22.8 Å². The van der Waals surface area contributed by atoms with Gasteiger partial charge in [0.15, 0.2) is 17.4 Å². The summed E-state index contributed by atoms with van der Waals surface area (Å²) in [6, 6.07) is 6.72. The number of halogens is 2. The van der Waals surface area contributed by atoms with Gasteiger partial charge in [0.2, 0.25) is 5.82 Å². The van der Waals surface area contributed by atoms with Crippen molar-refractivity contribution in [3.05, 3.63) is 42.2 Å². The number of carbonyl (C=O) groups excluding carboxylic acids is 1. The highest BCUT2D eigenvalue weighted by Crippen LogP contribution is 2.39. The number of carbonyl (C=O) groups is 1. The Morgan fingerprint density at radius 2 is 1.87 bits per heavy atom. The van der Waals surface area contributed by atoms with Gasteiger partial charge in [0.25, 0.3) is 0 Å². The van der Waals surface area contributed by atoms with E-state index in [1.807, 2.05) is 39.8 Å². The zero-order valence-electron chi connectivity index (χ0n) is 22.5. The second-order valence-electron chi connectivity index (χ2n) is 11.9. The van der Waals surface area contributed by atoms with E-state index in [4.69, 9.17) is 14.5 Å². The minimum absolute atomic E-state index is 0.0342. The van der Waals surface area contributed by atoms with Gasteiger partial charge in [0.05, 0.1) is 23.3 Å². The number of nitrogens with one attached hydrogen (secondary N) is 1. The Hall–Kier alpha value is -3.76. The summed E-state index contributed by atoms with van der Waals surface area (Å²) in [6.45, 7) is 8.65. The Morgan fingerprint density at radius 1 is 1.08 bits per heavy atom. The summed E-state index contributed by atoms with van der Waals surface area (Å²) in [7, 11) is 0. The van der Waals surface area contributed by atoms with Crippen LogP contribution in [-0.4, -0.2) is 62.3 Å². The number of aromatic nitrogens is 3. The number of anilines is 3. The second-order valence-corrected chi connectivity index (χ2v) is 11.9. The fraction of sp³-hybridized carbons (Fsp3) is 0.500. The Labute approximate surface area is 225 Å². The summed E-state index contributed by atoms with van der Waals surface area (Å²) in [4.78, 5) is 29.9. The summed E-state index contributed by atoms with van der Waals surface area (Å²) in [5.41, 5.74) is -0.0748. The van der Waals surface area contributed by atoms with Crippen molar-refractivity contribution in [3.8, 4) is 5.75 Å². The molecule has 1 aromatic carbocycles. The average Bonchev–Trinajstić information content (AvgIpc) is 3.48. The topological polar surface area (TPSA) is 92.7 Å². The zero-order chi connectivity index (χ0) is 27.5. The maximum atomic E-state index is 15.0. The number of likely N-dealkylation sites (tertiary alicyclic amines) is 1. The lowest BCUT2D eigenvalue weighted by Gasteiger charge is -2.38. The first-order chi connectivity index (χ1) is 18.5. The number of hydrogen-bond donors (Lipinski definition) is 1. The minimum Gasteiger partial charge on any atom is -0.484 e. The molecule has 1 aliphatic carbocycles. The van der Waals surface area contributed by atoms with Crippen molar-refractivity contribution in [1.29, 1.82) is 0 Å². The highest BCUT2D eigenvalue weighted by molar-refractivity contribution is 5.88. The summed E-state index contributed by atoms with van der Waals surface area (Å²) in [6.07, 6.45) is 4.52. The van der Waals surface area contributed by atoms with Crippen LogP contribution in [0.2, 0.25) is 0 Å². The van der Waals surface area contributed by atoms with E-state index in [1.54, 1.807) is 4.90 Å². The van der Waals surface area contributed by atoms with E-state index in [1.165, 1.54) is 18.5 Å². The first-order valence-corrected chi connectivity index (χ1v) is 13.3. The number of ether oxygens (including phenoxy) is 2. The van der Waals surface area contributed by atoms with Gasteiger partial charge in [0, 0.05) is 13.1 Å². The van der Waals surface area contributed by atoms with Gasteiger partial charge in [-0.25, -0.2) is 24.1 Å². The molecule has 2 atom stereocenters. The van der Waals surface area contributed by atoms with Gasteiger partial charge < -0.3 is 24.6 Å². The molecule has 2 saturated heterocycles. The molecule has 39 heavy (non-hydrogen) atoms. The summed E-state index contributed by atoms with van der Waals surface area (Å²) in [5, 5.41) is 2.90. The number of rotatable bonds is 5. The summed E-state index contributed by atoms with van der Waals surface area (Å²) in [5.74, 6) is -1.21. The van der Waals surface area contributed by atoms with Crippen molar-refractivity contribution in [2.45, 2.75) is 76.7 Å². The number of hydrogen-bond acceptors (Lipinski definition) is 8. The van der Waals surface area contributed by atoms with Crippen LogP contribution in [0.25, 0.3) is 11.0 Å². The molecular formula is C28H32F2N6O3. The standard InChI is InChI=1S/C28H32F2N6O3/c1-27(2,3)39-26(37)36-14-16-12-17(36)13-35(16)21-9-7-19-24(34-21)25(32-15-31-19)33-18-6-8-20(23(30)22(18)29)38-28(4)10-5-11-28/h6-9,15-17H,5,10-14H2,1-4H3,(H,31,32,33)/t16-,17-/m0/s1. The number of amides is 1. The van der Waals surface area contributed by atoms with Gasteiger partial charge in [-0.2, -0.15) is 4.39 Å². The van der Waals surface area contributed by atoms with Crippen LogP contribution in [0, 0.1) is 11.6 Å². The molecule has 1 saturated carbocycles. The molecule has 2 aromatic heterocycles. The molecule has 3 aromatic rings. The Bertz CT molecular complexity index is 1440. The zero-order valence-corrected chi connectivity index (χ0v) is 22.5. The molecule has 206 valence electrons. The number of benzene rings is 1. The third-order valence-corrected chi connectivity index (χ3v) is 7.70. The highest BCUT2D eigenvalue weighted by atomic mass is 19.2. The third kappa shape index (κ3) is 4.79. The molecule has 2 bridgehead atoms. The van der Waals surface area contributed by atoms with Gasteiger partial charge in [-0.15, -0.1) is 0 Å². The lowest BCUT2D eigenvalue weighted by Crippen LogP contribution is -2.50. The second kappa shape index (κ2) is 9.17. The van der Waals surface area contributed by atoms with Crippen molar-refractivity contribution >= 4 is 34.4 Å². The molecule has 6 rings (SSSR count). The Morgan fingerprint density at radius 3 is 2.54 bits per heavy atom. The molecule has 3 aliphatic rings. The predicted molar refractivity (Wildman–Crippen MR) is 142 cm³/mol. The first-order valence-electron chi connectivity index (χ1n) is 13.3. The molecular weight excluding hydrogens is 506 g/mol. The van der Waals surface area contributed by atoms with Crippen molar-refractivity contribution in [3.63, 3.8) is 0 Å². The maximum Gasteiger partial charge on any atom is 0.410 e. The van der Waals surface area contributed by atoms with E-state index in [2.05, 4.69) is 20.2 Å². The van der Waals surface area contributed by atoms with Gasteiger partial charge in [0.1, 0.15) is 28.9 Å². The molecule has 0 unspecified atom stereocenters. The summed E-state index contributed by atoms with van der Waals surface area (Å²) >= 11 is 0. The van der Waals surface area contributed by atoms with Gasteiger partial charge in [-0.05, 0) is 77.6 Å². The van der Waals surface area contributed by atoms with E-state index in [-0.39, 0.29) is 35.4 Å². The molecule has 11 heteroatoms.